The summed E-state index contributed by atoms with van der Waals surface area (Å²) in [5.41, 5.74) is -0.124. The van der Waals surface area contributed by atoms with E-state index in [1.807, 2.05) is 11.8 Å². The molecule has 0 amide bonds. The van der Waals surface area contributed by atoms with Gasteiger partial charge in [-0.3, -0.25) is 4.99 Å². The van der Waals surface area contributed by atoms with E-state index < -0.39 is 0 Å². The Morgan fingerprint density at radius 2 is 2.45 bits per heavy atom. The lowest BCUT2D eigenvalue weighted by atomic mass is 10.1. The van der Waals surface area contributed by atoms with E-state index in [1.54, 1.807) is 7.11 Å². The maximum absolute atomic E-state index is 5.42. The van der Waals surface area contributed by atoms with Crippen molar-refractivity contribution in [2.45, 2.75) is 25.9 Å². The van der Waals surface area contributed by atoms with E-state index in [0.717, 1.165) is 18.7 Å². The molecular weight excluding hydrogens is 158 g/mol. The topological polar surface area (TPSA) is 21.6 Å². The van der Waals surface area contributed by atoms with Gasteiger partial charge in [0.1, 0.15) is 5.60 Å². The fourth-order valence-electron chi connectivity index (χ4n) is 1.04. The highest BCUT2D eigenvalue weighted by Gasteiger charge is 2.30. The van der Waals surface area contributed by atoms with Gasteiger partial charge in [-0.2, -0.15) is 0 Å². The minimum atomic E-state index is -0.124. The van der Waals surface area contributed by atoms with E-state index in [9.17, 15) is 0 Å². The van der Waals surface area contributed by atoms with Gasteiger partial charge in [0.05, 0.1) is 5.04 Å². The molecule has 0 aliphatic carbocycles. The van der Waals surface area contributed by atoms with Crippen molar-refractivity contribution in [3.05, 3.63) is 0 Å². The molecule has 1 rings (SSSR count). The minimum absolute atomic E-state index is 0.124. The van der Waals surface area contributed by atoms with Crippen LogP contribution in [0.2, 0.25) is 0 Å². The van der Waals surface area contributed by atoms with Crippen molar-refractivity contribution in [3.8, 4) is 0 Å². The number of methoxy groups -OCH3 is 1. The number of nitrogens with zero attached hydrogens (tertiary/aromatic N) is 1. The van der Waals surface area contributed by atoms with E-state index >= 15 is 0 Å². The Labute approximate surface area is 72.4 Å². The SMILES string of the molecule is CCC(C)(OC)C1=NCCS1. The number of thioether (sulfide) groups is 1. The van der Waals surface area contributed by atoms with E-state index in [4.69, 9.17) is 4.74 Å². The molecule has 0 bridgehead atoms. The van der Waals surface area contributed by atoms with Crippen LogP contribution in [0.15, 0.2) is 4.99 Å². The smallest absolute Gasteiger partial charge is 0.112 e. The average Bonchev–Trinajstić information content (AvgIpc) is 2.55. The second-order valence-corrected chi connectivity index (χ2v) is 3.91. The first-order valence-corrected chi connectivity index (χ1v) is 4.94. The molecule has 64 valence electrons. The maximum Gasteiger partial charge on any atom is 0.112 e. The predicted molar refractivity (Wildman–Crippen MR) is 50.5 cm³/mol. The molecule has 0 N–H and O–H groups in total. The van der Waals surface area contributed by atoms with Crippen LogP contribution in [0.4, 0.5) is 0 Å². The summed E-state index contributed by atoms with van der Waals surface area (Å²) in [5.74, 6) is 1.12. The largest absolute Gasteiger partial charge is 0.372 e. The van der Waals surface area contributed by atoms with Gasteiger partial charge >= 0.3 is 0 Å². The van der Waals surface area contributed by atoms with E-state index in [-0.39, 0.29) is 5.60 Å². The second-order valence-electron chi connectivity index (χ2n) is 2.82. The average molecular weight is 173 g/mol. The van der Waals surface area contributed by atoms with Gasteiger partial charge in [-0.1, -0.05) is 6.92 Å². The van der Waals surface area contributed by atoms with Crippen molar-refractivity contribution in [1.29, 1.82) is 0 Å². The fraction of sp³-hybridized carbons (Fsp3) is 0.875. The molecule has 2 nitrogen and oxygen atoms in total. The number of hydrogen-bond acceptors (Lipinski definition) is 3. The Bertz CT molecular complexity index is 163. The standard InChI is InChI=1S/C8H15NOS/c1-4-8(2,10-3)7-9-5-6-11-7/h4-6H2,1-3H3. The van der Waals surface area contributed by atoms with Crippen molar-refractivity contribution in [2.24, 2.45) is 4.99 Å². The molecular formula is C8H15NOS. The molecule has 1 unspecified atom stereocenters. The Kier molecular flexibility index (Phi) is 2.96. The summed E-state index contributed by atoms with van der Waals surface area (Å²) in [7, 11) is 1.75. The summed E-state index contributed by atoms with van der Waals surface area (Å²) in [5, 5.41) is 1.17. The van der Waals surface area contributed by atoms with Crippen LogP contribution in [-0.4, -0.2) is 30.1 Å². The number of ether oxygens (including phenoxy) is 1. The van der Waals surface area contributed by atoms with Gasteiger partial charge in [0.25, 0.3) is 0 Å². The predicted octanol–water partition coefficient (Wildman–Crippen LogP) is 1.95. The van der Waals surface area contributed by atoms with Crippen LogP contribution >= 0.6 is 11.8 Å². The third-order valence-electron chi connectivity index (χ3n) is 2.16. The van der Waals surface area contributed by atoms with Gasteiger partial charge < -0.3 is 4.74 Å². The first-order chi connectivity index (χ1) is 5.23. The molecule has 0 fully saturated rings. The normalized spacial score (nSPS) is 23.0. The summed E-state index contributed by atoms with van der Waals surface area (Å²) >= 11 is 1.82. The zero-order chi connectivity index (χ0) is 8.32. The molecule has 0 radical (unpaired) electrons. The summed E-state index contributed by atoms with van der Waals surface area (Å²) in [6.07, 6.45) is 0.995. The molecule has 1 aliphatic heterocycles. The monoisotopic (exact) mass is 173 g/mol. The summed E-state index contributed by atoms with van der Waals surface area (Å²) < 4.78 is 5.42. The van der Waals surface area contributed by atoms with Gasteiger partial charge in [0.2, 0.25) is 0 Å². The number of rotatable bonds is 3. The van der Waals surface area contributed by atoms with Gasteiger partial charge in [-0.15, -0.1) is 11.8 Å². The highest BCUT2D eigenvalue weighted by atomic mass is 32.2. The highest BCUT2D eigenvalue weighted by Crippen LogP contribution is 2.27. The molecule has 11 heavy (non-hydrogen) atoms. The lowest BCUT2D eigenvalue weighted by Gasteiger charge is -2.25. The van der Waals surface area contributed by atoms with Crippen LogP contribution < -0.4 is 0 Å². The van der Waals surface area contributed by atoms with Crippen molar-refractivity contribution < 1.29 is 4.74 Å². The van der Waals surface area contributed by atoms with Crippen molar-refractivity contribution >= 4 is 16.8 Å². The lowest BCUT2D eigenvalue weighted by Crippen LogP contribution is -2.33. The zero-order valence-corrected chi connectivity index (χ0v) is 8.20. The molecule has 0 spiro atoms. The van der Waals surface area contributed by atoms with Crippen LogP contribution in [0.25, 0.3) is 0 Å². The maximum atomic E-state index is 5.42. The molecule has 0 aromatic carbocycles. The van der Waals surface area contributed by atoms with Crippen LogP contribution in [-0.2, 0) is 4.74 Å². The molecule has 1 heterocycles. The van der Waals surface area contributed by atoms with Gasteiger partial charge in [-0.05, 0) is 13.3 Å². The van der Waals surface area contributed by atoms with Crippen LogP contribution in [0.5, 0.6) is 0 Å². The Balaban J connectivity index is 2.67. The van der Waals surface area contributed by atoms with Gasteiger partial charge in [0, 0.05) is 19.4 Å². The van der Waals surface area contributed by atoms with Crippen molar-refractivity contribution in [3.63, 3.8) is 0 Å². The molecule has 0 aromatic rings. The molecule has 0 saturated carbocycles. The summed E-state index contributed by atoms with van der Waals surface area (Å²) in [4.78, 5) is 4.40. The third-order valence-corrected chi connectivity index (χ3v) is 3.38. The first-order valence-electron chi connectivity index (χ1n) is 3.96. The summed E-state index contributed by atoms with van der Waals surface area (Å²) in [6, 6.07) is 0. The molecule has 1 atom stereocenters. The second kappa shape index (κ2) is 3.59. The van der Waals surface area contributed by atoms with Crippen molar-refractivity contribution in [1.82, 2.24) is 0 Å². The first kappa shape index (κ1) is 9.07. The summed E-state index contributed by atoms with van der Waals surface area (Å²) in [6.45, 7) is 5.19. The number of hydrogen-bond donors (Lipinski definition) is 0. The zero-order valence-electron chi connectivity index (χ0n) is 7.39. The van der Waals surface area contributed by atoms with Crippen LogP contribution in [0, 0.1) is 0 Å². The van der Waals surface area contributed by atoms with Crippen LogP contribution in [0.3, 0.4) is 0 Å². The van der Waals surface area contributed by atoms with E-state index in [0.29, 0.717) is 0 Å². The molecule has 0 saturated heterocycles. The molecule has 3 heteroatoms. The Morgan fingerprint density at radius 1 is 1.73 bits per heavy atom. The Morgan fingerprint density at radius 3 is 2.82 bits per heavy atom. The van der Waals surface area contributed by atoms with Crippen molar-refractivity contribution in [2.75, 3.05) is 19.4 Å². The van der Waals surface area contributed by atoms with Crippen LogP contribution in [0.1, 0.15) is 20.3 Å². The molecule has 0 aromatic heterocycles. The fourth-order valence-corrected chi connectivity index (χ4v) is 2.13. The highest BCUT2D eigenvalue weighted by molar-refractivity contribution is 8.14. The number of aliphatic imine (C=N–C) groups is 1. The quantitative estimate of drug-likeness (QED) is 0.650. The van der Waals surface area contributed by atoms with Gasteiger partial charge in [0.15, 0.2) is 0 Å². The van der Waals surface area contributed by atoms with Gasteiger partial charge in [-0.25, -0.2) is 0 Å². The minimum Gasteiger partial charge on any atom is -0.372 e. The Hall–Kier alpha value is -0.0200. The van der Waals surface area contributed by atoms with E-state index in [1.165, 1.54) is 5.04 Å². The van der Waals surface area contributed by atoms with E-state index in [2.05, 4.69) is 18.8 Å². The third kappa shape index (κ3) is 1.76. The molecule has 1 aliphatic rings. The lowest BCUT2D eigenvalue weighted by molar-refractivity contribution is 0.0659.